The van der Waals surface area contributed by atoms with Crippen LogP contribution >= 0.6 is 0 Å². The summed E-state index contributed by atoms with van der Waals surface area (Å²) >= 11 is 0. The van der Waals surface area contributed by atoms with Gasteiger partial charge in [0.05, 0.1) is 11.1 Å². The zero-order chi connectivity index (χ0) is 24.2. The molecule has 1 saturated carbocycles. The first-order valence-electron chi connectivity index (χ1n) is 11.2. The number of likely N-dealkylation sites (tertiary alicyclic amines) is 1. The summed E-state index contributed by atoms with van der Waals surface area (Å²) in [6, 6.07) is 9.07. The number of pyridine rings is 1. The van der Waals surface area contributed by atoms with Crippen molar-refractivity contribution in [3.63, 3.8) is 0 Å². The molecule has 2 fully saturated rings. The van der Waals surface area contributed by atoms with Crippen molar-refractivity contribution < 1.29 is 22.8 Å². The third-order valence-corrected chi connectivity index (χ3v) is 6.99. The quantitative estimate of drug-likeness (QED) is 0.584. The molecule has 2 aliphatic rings. The zero-order valence-electron chi connectivity index (χ0n) is 18.8. The van der Waals surface area contributed by atoms with Crippen LogP contribution in [0.1, 0.15) is 50.9 Å². The fourth-order valence-electron chi connectivity index (χ4n) is 5.39. The molecule has 3 heterocycles. The number of alkyl halides is 3. The van der Waals surface area contributed by atoms with Gasteiger partial charge in [-0.1, -0.05) is 18.2 Å². The van der Waals surface area contributed by atoms with E-state index in [4.69, 9.17) is 0 Å². The summed E-state index contributed by atoms with van der Waals surface area (Å²) in [5, 5.41) is 8.10. The number of aromatic nitrogens is 3. The summed E-state index contributed by atoms with van der Waals surface area (Å²) in [6.45, 7) is 0.943. The fourth-order valence-corrected chi connectivity index (χ4v) is 5.39. The van der Waals surface area contributed by atoms with Gasteiger partial charge in [-0.25, -0.2) is 0 Å². The lowest BCUT2D eigenvalue weighted by Gasteiger charge is -2.21. The molecule has 1 aliphatic carbocycles. The number of hydrogen-bond donors (Lipinski definition) is 0. The van der Waals surface area contributed by atoms with Gasteiger partial charge in [-0.3, -0.25) is 14.0 Å². The number of benzene rings is 1. The minimum absolute atomic E-state index is 0.127. The third-order valence-electron chi connectivity index (χ3n) is 6.99. The average Bonchev–Trinajstić information content (AvgIpc) is 3.50. The Balaban J connectivity index is 1.33. The number of amides is 2. The number of halogens is 3. The monoisotopic (exact) mass is 471 g/mol. The summed E-state index contributed by atoms with van der Waals surface area (Å²) in [4.78, 5) is 28.7. The lowest BCUT2D eigenvalue weighted by Crippen LogP contribution is -2.31. The van der Waals surface area contributed by atoms with Gasteiger partial charge in [0, 0.05) is 33.4 Å². The van der Waals surface area contributed by atoms with E-state index >= 15 is 0 Å². The highest BCUT2D eigenvalue weighted by molar-refractivity contribution is 5.95. The van der Waals surface area contributed by atoms with E-state index in [1.54, 1.807) is 49.5 Å². The average molecular weight is 471 g/mol. The number of fused-ring (bicyclic) bond motifs is 2. The predicted molar refractivity (Wildman–Crippen MR) is 117 cm³/mol. The first-order valence-corrected chi connectivity index (χ1v) is 11.2. The summed E-state index contributed by atoms with van der Waals surface area (Å²) in [7, 11) is 3.29. The minimum Gasteiger partial charge on any atom is -0.345 e. The second-order valence-electron chi connectivity index (χ2n) is 9.35. The molecule has 2 amide bonds. The normalized spacial score (nSPS) is 22.3. The molecule has 5 rings (SSSR count). The molecule has 0 N–H and O–H groups in total. The van der Waals surface area contributed by atoms with Crippen LogP contribution in [0.2, 0.25) is 0 Å². The van der Waals surface area contributed by atoms with Crippen LogP contribution in [0, 0.1) is 11.8 Å². The summed E-state index contributed by atoms with van der Waals surface area (Å²) in [5.74, 6) is -0.250. The van der Waals surface area contributed by atoms with E-state index in [1.165, 1.54) is 15.4 Å². The van der Waals surface area contributed by atoms with Gasteiger partial charge in [0.15, 0.2) is 5.65 Å². The van der Waals surface area contributed by atoms with E-state index < -0.39 is 11.7 Å². The van der Waals surface area contributed by atoms with Gasteiger partial charge in [-0.15, -0.1) is 10.2 Å². The highest BCUT2D eigenvalue weighted by Crippen LogP contribution is 2.49. The van der Waals surface area contributed by atoms with Crippen LogP contribution in [0.25, 0.3) is 5.65 Å². The molecule has 0 spiro atoms. The molecule has 3 atom stereocenters. The van der Waals surface area contributed by atoms with Crippen LogP contribution in [0.5, 0.6) is 0 Å². The molecule has 34 heavy (non-hydrogen) atoms. The number of carbonyl (C=O) groups is 2. The van der Waals surface area contributed by atoms with Gasteiger partial charge in [0.1, 0.15) is 0 Å². The predicted octanol–water partition coefficient (Wildman–Crippen LogP) is 3.72. The number of hydrogen-bond acceptors (Lipinski definition) is 4. The topological polar surface area (TPSA) is 70.8 Å². The molecule has 1 aliphatic heterocycles. The largest absolute Gasteiger partial charge is 0.416 e. The Bertz CT molecular complexity index is 1250. The molecule has 0 bridgehead atoms. The van der Waals surface area contributed by atoms with Crippen molar-refractivity contribution in [3.05, 3.63) is 65.1 Å². The van der Waals surface area contributed by atoms with Crippen molar-refractivity contribution in [3.8, 4) is 0 Å². The number of rotatable bonds is 3. The standard InChI is InChI=1S/C24H24F3N5O2/c1-30(2)22(33)14-7-8-20-28-29-21(32(20)13-14)23(34)31-11-16-9-15(10-17(16)12-31)18-5-3-4-6-19(18)24(25,26)27/h3-8,13,15-17H,9-12H2,1-2H3/t15?,16-,17+. The highest BCUT2D eigenvalue weighted by Gasteiger charge is 2.45. The molecule has 3 aromatic rings. The molecule has 1 aromatic carbocycles. The highest BCUT2D eigenvalue weighted by atomic mass is 19.4. The van der Waals surface area contributed by atoms with E-state index in [0.29, 0.717) is 42.7 Å². The maximum Gasteiger partial charge on any atom is 0.416 e. The van der Waals surface area contributed by atoms with Crippen LogP contribution in [-0.4, -0.2) is 63.4 Å². The molecule has 2 aromatic heterocycles. The van der Waals surface area contributed by atoms with Crippen molar-refractivity contribution in [2.24, 2.45) is 11.8 Å². The van der Waals surface area contributed by atoms with Crippen molar-refractivity contribution in [1.29, 1.82) is 0 Å². The molecule has 10 heteroatoms. The van der Waals surface area contributed by atoms with Crippen molar-refractivity contribution in [1.82, 2.24) is 24.4 Å². The van der Waals surface area contributed by atoms with Crippen LogP contribution in [0.4, 0.5) is 13.2 Å². The van der Waals surface area contributed by atoms with E-state index in [0.717, 1.165) is 6.07 Å². The van der Waals surface area contributed by atoms with Crippen LogP contribution in [0.3, 0.4) is 0 Å². The maximum atomic E-state index is 13.5. The zero-order valence-corrected chi connectivity index (χ0v) is 18.8. The first-order chi connectivity index (χ1) is 16.1. The van der Waals surface area contributed by atoms with Gasteiger partial charge >= 0.3 is 6.18 Å². The Labute approximate surface area is 194 Å². The van der Waals surface area contributed by atoms with Crippen LogP contribution in [0.15, 0.2) is 42.6 Å². The fraction of sp³-hybridized carbons (Fsp3) is 0.417. The lowest BCUT2D eigenvalue weighted by atomic mass is 9.91. The minimum atomic E-state index is -4.38. The third kappa shape index (κ3) is 3.80. The van der Waals surface area contributed by atoms with Crippen molar-refractivity contribution in [2.45, 2.75) is 24.9 Å². The summed E-state index contributed by atoms with van der Waals surface area (Å²) in [6.07, 6.45) is -1.59. The Morgan fingerprint density at radius 1 is 1.00 bits per heavy atom. The SMILES string of the molecule is CN(C)C(=O)c1ccc2nnc(C(=O)N3C[C@H]4CC(c5ccccc5C(F)(F)F)C[C@H]4C3)n2c1. The molecule has 1 unspecified atom stereocenters. The van der Waals surface area contributed by atoms with Gasteiger partial charge in [-0.05, 0) is 54.4 Å². The van der Waals surface area contributed by atoms with Crippen molar-refractivity contribution in [2.75, 3.05) is 27.2 Å². The van der Waals surface area contributed by atoms with Gasteiger partial charge in [0.2, 0.25) is 5.82 Å². The molecule has 7 nitrogen and oxygen atoms in total. The molecule has 178 valence electrons. The molecule has 0 radical (unpaired) electrons. The van der Waals surface area contributed by atoms with E-state index in [-0.39, 0.29) is 35.4 Å². The van der Waals surface area contributed by atoms with Gasteiger partial charge < -0.3 is 9.80 Å². The van der Waals surface area contributed by atoms with Gasteiger partial charge in [0.25, 0.3) is 11.8 Å². The van der Waals surface area contributed by atoms with E-state index in [1.807, 2.05) is 0 Å². The maximum absolute atomic E-state index is 13.5. The molecular formula is C24H24F3N5O2. The van der Waals surface area contributed by atoms with Crippen molar-refractivity contribution >= 4 is 17.5 Å². The van der Waals surface area contributed by atoms with Gasteiger partial charge in [-0.2, -0.15) is 13.2 Å². The van der Waals surface area contributed by atoms with E-state index in [2.05, 4.69) is 10.2 Å². The Hall–Kier alpha value is -3.43. The molecule has 1 saturated heterocycles. The smallest absolute Gasteiger partial charge is 0.345 e. The molecular weight excluding hydrogens is 447 g/mol. The summed E-state index contributed by atoms with van der Waals surface area (Å²) < 4.78 is 41.9. The Morgan fingerprint density at radius 2 is 1.68 bits per heavy atom. The second kappa shape index (κ2) is 8.11. The number of nitrogens with zero attached hydrogens (tertiary/aromatic N) is 5. The lowest BCUT2D eigenvalue weighted by molar-refractivity contribution is -0.138. The van der Waals surface area contributed by atoms with Crippen LogP contribution in [-0.2, 0) is 6.18 Å². The first kappa shape index (κ1) is 22.4. The number of carbonyl (C=O) groups excluding carboxylic acids is 2. The van der Waals surface area contributed by atoms with E-state index in [9.17, 15) is 22.8 Å². The Kier molecular flexibility index (Phi) is 5.33. The van der Waals surface area contributed by atoms with Crippen LogP contribution < -0.4 is 0 Å². The summed E-state index contributed by atoms with van der Waals surface area (Å²) in [5.41, 5.74) is 0.660. The Morgan fingerprint density at radius 3 is 2.32 bits per heavy atom. The second-order valence-corrected chi connectivity index (χ2v) is 9.35.